The van der Waals surface area contributed by atoms with E-state index in [1.807, 2.05) is 52.0 Å². The summed E-state index contributed by atoms with van der Waals surface area (Å²) in [5.41, 5.74) is 2.82. The number of benzene rings is 2. The first kappa shape index (κ1) is 20.3. The molecule has 0 atom stereocenters. The Bertz CT molecular complexity index is 1480. The van der Waals surface area contributed by atoms with Crippen LogP contribution in [-0.4, -0.2) is 47.1 Å². The maximum Gasteiger partial charge on any atom is 0.203 e. The second kappa shape index (κ2) is 8.53. The molecule has 0 unspecified atom stereocenters. The summed E-state index contributed by atoms with van der Waals surface area (Å²) in [6.45, 7) is 3.39. The molecule has 33 heavy (non-hydrogen) atoms. The number of nitrogens with zero attached hydrogens (tertiary/aromatic N) is 7. The van der Waals surface area contributed by atoms with Crippen molar-refractivity contribution in [3.05, 3.63) is 77.5 Å². The van der Waals surface area contributed by atoms with Crippen molar-refractivity contribution in [3.63, 3.8) is 0 Å². The summed E-state index contributed by atoms with van der Waals surface area (Å²) in [4.78, 5) is 7.31. The summed E-state index contributed by atoms with van der Waals surface area (Å²) >= 11 is 5.91. The molecule has 1 fully saturated rings. The van der Waals surface area contributed by atoms with Gasteiger partial charge in [-0.15, -0.1) is 0 Å². The molecule has 2 aromatic carbocycles. The summed E-state index contributed by atoms with van der Waals surface area (Å²) in [6.07, 6.45) is 5.65. The van der Waals surface area contributed by atoms with Gasteiger partial charge in [-0.2, -0.15) is 10.2 Å². The second-order valence-corrected chi connectivity index (χ2v) is 8.95. The van der Waals surface area contributed by atoms with Crippen LogP contribution >= 0.6 is 12.2 Å². The highest BCUT2D eigenvalue weighted by Crippen LogP contribution is 2.21. The van der Waals surface area contributed by atoms with Gasteiger partial charge in [0.2, 0.25) is 4.77 Å². The molecule has 0 saturated carbocycles. The van der Waals surface area contributed by atoms with Crippen molar-refractivity contribution >= 4 is 34.2 Å². The third-order valence-corrected chi connectivity index (χ3v) is 6.70. The van der Waals surface area contributed by atoms with E-state index in [2.05, 4.69) is 38.8 Å². The topological polar surface area (TPSA) is 56.7 Å². The highest BCUT2D eigenvalue weighted by atomic mass is 32.1. The molecule has 0 radical (unpaired) electrons. The molecular weight excluding hydrogens is 430 g/mol. The molecule has 8 heteroatoms. The second-order valence-electron chi connectivity index (χ2n) is 8.59. The van der Waals surface area contributed by atoms with Gasteiger partial charge >= 0.3 is 0 Å². The minimum atomic E-state index is 0.486. The van der Waals surface area contributed by atoms with E-state index in [1.54, 1.807) is 0 Å². The molecular formula is C25H25N7S. The van der Waals surface area contributed by atoms with Crippen LogP contribution in [0.2, 0.25) is 0 Å². The van der Waals surface area contributed by atoms with Crippen molar-refractivity contribution in [3.8, 4) is 5.69 Å². The number of para-hydroxylation sites is 2. The van der Waals surface area contributed by atoms with E-state index in [1.165, 1.54) is 19.3 Å². The zero-order valence-electron chi connectivity index (χ0n) is 18.3. The van der Waals surface area contributed by atoms with Crippen molar-refractivity contribution in [1.82, 2.24) is 34.0 Å². The van der Waals surface area contributed by atoms with Gasteiger partial charge in [-0.3, -0.25) is 9.47 Å². The zero-order valence-corrected chi connectivity index (χ0v) is 19.2. The van der Waals surface area contributed by atoms with Gasteiger partial charge in [-0.1, -0.05) is 42.8 Å². The maximum absolute atomic E-state index is 5.91. The first-order valence-corrected chi connectivity index (χ1v) is 11.8. The third-order valence-electron chi connectivity index (χ3n) is 6.31. The molecule has 166 valence electrons. The molecule has 1 aliphatic rings. The Hall–Kier alpha value is -3.36. The number of fused-ring (bicyclic) bond motifs is 2. The van der Waals surface area contributed by atoms with Crippen molar-refractivity contribution in [2.24, 2.45) is 0 Å². The Morgan fingerprint density at radius 1 is 0.848 bits per heavy atom. The predicted octanol–water partition coefficient (Wildman–Crippen LogP) is 4.79. The Balaban J connectivity index is 1.42. The minimum absolute atomic E-state index is 0.486. The van der Waals surface area contributed by atoms with Gasteiger partial charge in [0.05, 0.1) is 18.4 Å². The number of hydrogen-bond acceptors (Lipinski definition) is 5. The molecule has 4 heterocycles. The fourth-order valence-electron chi connectivity index (χ4n) is 4.63. The molecule has 0 spiro atoms. The molecule has 1 aliphatic heterocycles. The highest BCUT2D eigenvalue weighted by molar-refractivity contribution is 7.71. The van der Waals surface area contributed by atoms with Crippen LogP contribution in [0.25, 0.3) is 27.6 Å². The van der Waals surface area contributed by atoms with Gasteiger partial charge < -0.3 is 0 Å². The number of hydrogen-bond donors (Lipinski definition) is 0. The summed E-state index contributed by atoms with van der Waals surface area (Å²) in [5, 5.41) is 11.8. The summed E-state index contributed by atoms with van der Waals surface area (Å²) in [5.74, 6) is 0.850. The lowest BCUT2D eigenvalue weighted by Gasteiger charge is -2.25. The van der Waals surface area contributed by atoms with Crippen molar-refractivity contribution in [1.29, 1.82) is 0 Å². The smallest absolute Gasteiger partial charge is 0.203 e. The number of pyridine rings is 1. The van der Waals surface area contributed by atoms with E-state index < -0.39 is 0 Å². The first-order chi connectivity index (χ1) is 16.3. The van der Waals surface area contributed by atoms with Crippen LogP contribution in [0.3, 0.4) is 0 Å². The summed E-state index contributed by atoms with van der Waals surface area (Å²) in [6, 6.07) is 20.5. The van der Waals surface area contributed by atoms with Crippen LogP contribution in [-0.2, 0) is 13.2 Å². The SMILES string of the molecule is S=c1n(CN2CCCCC2)nc(Cn2ncc3cc4ccccc4nc32)n1-c1ccccc1. The first-order valence-electron chi connectivity index (χ1n) is 11.4. The van der Waals surface area contributed by atoms with Crippen molar-refractivity contribution in [2.75, 3.05) is 13.1 Å². The van der Waals surface area contributed by atoms with E-state index in [0.717, 1.165) is 46.5 Å². The maximum atomic E-state index is 5.91. The lowest BCUT2D eigenvalue weighted by atomic mass is 10.1. The van der Waals surface area contributed by atoms with Crippen LogP contribution in [0.15, 0.2) is 66.9 Å². The molecule has 5 aromatic rings. The fraction of sp³-hybridized carbons (Fsp3) is 0.280. The molecule has 0 amide bonds. The lowest BCUT2D eigenvalue weighted by molar-refractivity contribution is 0.172. The zero-order chi connectivity index (χ0) is 22.2. The largest absolute Gasteiger partial charge is 0.284 e. The monoisotopic (exact) mass is 455 g/mol. The van der Waals surface area contributed by atoms with E-state index in [9.17, 15) is 0 Å². The number of likely N-dealkylation sites (tertiary alicyclic amines) is 1. The Morgan fingerprint density at radius 2 is 1.64 bits per heavy atom. The fourth-order valence-corrected chi connectivity index (χ4v) is 4.94. The van der Waals surface area contributed by atoms with E-state index >= 15 is 0 Å². The Kier molecular flexibility index (Phi) is 5.24. The predicted molar refractivity (Wildman–Crippen MR) is 132 cm³/mol. The molecule has 1 saturated heterocycles. The summed E-state index contributed by atoms with van der Waals surface area (Å²) in [7, 11) is 0. The molecule has 0 bridgehead atoms. The molecule has 6 rings (SSSR count). The van der Waals surface area contributed by atoms with Crippen molar-refractivity contribution in [2.45, 2.75) is 32.5 Å². The molecule has 3 aromatic heterocycles. The average molecular weight is 456 g/mol. The van der Waals surface area contributed by atoms with E-state index in [4.69, 9.17) is 22.3 Å². The lowest BCUT2D eigenvalue weighted by Crippen LogP contribution is -2.32. The number of piperidine rings is 1. The van der Waals surface area contributed by atoms with Crippen LogP contribution in [0.1, 0.15) is 25.1 Å². The van der Waals surface area contributed by atoms with Gasteiger partial charge in [-0.25, -0.2) is 14.3 Å². The van der Waals surface area contributed by atoms with Crippen LogP contribution in [0.5, 0.6) is 0 Å². The van der Waals surface area contributed by atoms with Crippen molar-refractivity contribution < 1.29 is 0 Å². The Morgan fingerprint density at radius 3 is 2.48 bits per heavy atom. The van der Waals surface area contributed by atoms with Gasteiger partial charge in [0.1, 0.15) is 6.54 Å². The normalized spacial score (nSPS) is 14.9. The van der Waals surface area contributed by atoms with E-state index in [-0.39, 0.29) is 0 Å². The number of rotatable bonds is 5. The van der Waals surface area contributed by atoms with E-state index in [0.29, 0.717) is 18.0 Å². The van der Waals surface area contributed by atoms with Gasteiger partial charge in [0.15, 0.2) is 11.5 Å². The highest BCUT2D eigenvalue weighted by Gasteiger charge is 2.18. The molecule has 7 nitrogen and oxygen atoms in total. The van der Waals surface area contributed by atoms with Crippen LogP contribution in [0.4, 0.5) is 0 Å². The van der Waals surface area contributed by atoms with Gasteiger partial charge in [0.25, 0.3) is 0 Å². The number of aromatic nitrogens is 6. The van der Waals surface area contributed by atoms with Gasteiger partial charge in [0, 0.05) is 16.5 Å². The minimum Gasteiger partial charge on any atom is -0.284 e. The quantitative estimate of drug-likeness (QED) is 0.357. The average Bonchev–Trinajstić information content (AvgIpc) is 3.38. The van der Waals surface area contributed by atoms with Crippen LogP contribution < -0.4 is 0 Å². The third kappa shape index (κ3) is 3.85. The van der Waals surface area contributed by atoms with Gasteiger partial charge in [-0.05, 0) is 62.4 Å². The summed E-state index contributed by atoms with van der Waals surface area (Å²) < 4.78 is 6.64. The standard InChI is InChI=1S/C25H25N7S/c33-25-31(18-29-13-7-2-8-14-29)28-23(32(25)21-10-3-1-4-11-21)17-30-24-20(16-26-30)15-19-9-5-6-12-22(19)27-24/h1,3-6,9-12,15-16H,2,7-8,13-14,17-18H2. The molecule has 0 N–H and O–H groups in total. The van der Waals surface area contributed by atoms with Crippen LogP contribution in [0, 0.1) is 4.77 Å². The molecule has 0 aliphatic carbocycles. The Labute approximate surface area is 196 Å².